The van der Waals surface area contributed by atoms with Crippen molar-refractivity contribution in [3.8, 4) is 0 Å². The van der Waals surface area contributed by atoms with Gasteiger partial charge < -0.3 is 15.0 Å². The Labute approximate surface area is 103 Å². The molecule has 102 valence electrons. The van der Waals surface area contributed by atoms with Crippen LogP contribution >= 0.6 is 0 Å². The normalized spacial score (nSPS) is 23.7. The number of alkyl halides is 2. The smallest absolute Gasteiger partial charge is 0.250 e. The van der Waals surface area contributed by atoms with Crippen molar-refractivity contribution in [1.82, 2.24) is 10.2 Å². The molecule has 0 bridgehead atoms. The van der Waals surface area contributed by atoms with Gasteiger partial charge in [-0.3, -0.25) is 0 Å². The largest absolute Gasteiger partial charge is 0.379 e. The van der Waals surface area contributed by atoms with Gasteiger partial charge in [0.25, 0.3) is 5.92 Å². The van der Waals surface area contributed by atoms with Crippen LogP contribution in [0, 0.1) is 0 Å². The predicted octanol–water partition coefficient (Wildman–Crippen LogP) is 1.76. The molecule has 2 saturated heterocycles. The van der Waals surface area contributed by atoms with Gasteiger partial charge in [0.15, 0.2) is 0 Å². The van der Waals surface area contributed by atoms with Crippen molar-refractivity contribution in [2.45, 2.75) is 18.8 Å². The number of rotatable bonds is 0. The number of hydrogen-bond donors (Lipinski definition) is 1. The molecular formula is C12H24F2N2O. The van der Waals surface area contributed by atoms with Gasteiger partial charge in [-0.15, -0.1) is 13.2 Å². The van der Waals surface area contributed by atoms with E-state index in [0.29, 0.717) is 13.1 Å². The minimum atomic E-state index is -2.38. The monoisotopic (exact) mass is 250 g/mol. The quantitative estimate of drug-likeness (QED) is 0.663. The molecule has 0 radical (unpaired) electrons. The summed E-state index contributed by atoms with van der Waals surface area (Å²) in [5, 5.41) is 2.86. The summed E-state index contributed by atoms with van der Waals surface area (Å²) < 4.78 is 29.4. The maximum Gasteiger partial charge on any atom is 0.250 e. The SMILES string of the molecule is C=C.CN1CCOCC1.FC1(F)CCNCC1. The van der Waals surface area contributed by atoms with E-state index < -0.39 is 5.92 Å². The van der Waals surface area contributed by atoms with E-state index in [1.54, 1.807) is 0 Å². The number of likely N-dealkylation sites (N-methyl/N-ethyl adjacent to an activating group) is 1. The van der Waals surface area contributed by atoms with Gasteiger partial charge in [0.1, 0.15) is 0 Å². The molecule has 0 saturated carbocycles. The van der Waals surface area contributed by atoms with Crippen molar-refractivity contribution in [3.63, 3.8) is 0 Å². The van der Waals surface area contributed by atoms with Crippen LogP contribution in [0.25, 0.3) is 0 Å². The Kier molecular flexibility index (Phi) is 9.21. The molecular weight excluding hydrogens is 226 g/mol. The van der Waals surface area contributed by atoms with E-state index in [0.717, 1.165) is 26.3 Å². The van der Waals surface area contributed by atoms with Crippen molar-refractivity contribution in [1.29, 1.82) is 0 Å². The average molecular weight is 250 g/mol. The molecule has 1 N–H and O–H groups in total. The first kappa shape index (κ1) is 16.5. The molecule has 0 aliphatic carbocycles. The summed E-state index contributed by atoms with van der Waals surface area (Å²) in [4.78, 5) is 2.27. The lowest BCUT2D eigenvalue weighted by Gasteiger charge is -2.21. The lowest BCUT2D eigenvalue weighted by molar-refractivity contribution is -0.0274. The average Bonchev–Trinajstić information content (AvgIpc) is 2.33. The fourth-order valence-electron chi connectivity index (χ4n) is 1.45. The van der Waals surface area contributed by atoms with E-state index in [1.807, 2.05) is 0 Å². The Bertz CT molecular complexity index is 177. The van der Waals surface area contributed by atoms with Gasteiger partial charge in [0.2, 0.25) is 0 Å². The highest BCUT2D eigenvalue weighted by Gasteiger charge is 2.30. The van der Waals surface area contributed by atoms with Gasteiger partial charge in [-0.1, -0.05) is 0 Å². The van der Waals surface area contributed by atoms with Crippen molar-refractivity contribution in [2.24, 2.45) is 0 Å². The molecule has 0 spiro atoms. The standard InChI is InChI=1S/C5H9F2N.C5H11NO.C2H4/c6-5(7)1-3-8-4-2-5;1-6-2-4-7-5-3-6;1-2/h8H,1-4H2;2-5H2,1H3;1-2H2. The van der Waals surface area contributed by atoms with Crippen molar-refractivity contribution < 1.29 is 13.5 Å². The van der Waals surface area contributed by atoms with E-state index in [9.17, 15) is 8.78 Å². The van der Waals surface area contributed by atoms with Crippen molar-refractivity contribution >= 4 is 0 Å². The zero-order chi connectivity index (χ0) is 13.1. The first-order valence-electron chi connectivity index (χ1n) is 5.95. The van der Waals surface area contributed by atoms with E-state index in [1.165, 1.54) is 0 Å². The summed E-state index contributed by atoms with van der Waals surface area (Å²) in [7, 11) is 2.11. The van der Waals surface area contributed by atoms with Crippen LogP contribution in [0.3, 0.4) is 0 Å². The van der Waals surface area contributed by atoms with Crippen LogP contribution in [0.4, 0.5) is 8.78 Å². The lowest BCUT2D eigenvalue weighted by atomic mass is 10.1. The zero-order valence-electron chi connectivity index (χ0n) is 10.7. The molecule has 3 nitrogen and oxygen atoms in total. The number of morpholine rings is 1. The highest BCUT2D eigenvalue weighted by atomic mass is 19.3. The Morgan fingerprint density at radius 3 is 1.82 bits per heavy atom. The Hall–Kier alpha value is -0.520. The van der Waals surface area contributed by atoms with Crippen LogP contribution in [-0.4, -0.2) is 57.3 Å². The summed E-state index contributed by atoms with van der Waals surface area (Å²) in [5.74, 6) is -2.38. The molecule has 0 aromatic carbocycles. The van der Waals surface area contributed by atoms with E-state index in [4.69, 9.17) is 4.74 Å². The van der Waals surface area contributed by atoms with Crippen LogP contribution in [0.1, 0.15) is 12.8 Å². The second kappa shape index (κ2) is 9.50. The van der Waals surface area contributed by atoms with Crippen LogP contribution in [0.5, 0.6) is 0 Å². The molecule has 0 amide bonds. The van der Waals surface area contributed by atoms with Gasteiger partial charge in [-0.2, -0.15) is 0 Å². The highest BCUT2D eigenvalue weighted by Crippen LogP contribution is 2.23. The molecule has 0 unspecified atom stereocenters. The number of nitrogens with zero attached hydrogens (tertiary/aromatic N) is 1. The van der Waals surface area contributed by atoms with Gasteiger partial charge in [0, 0.05) is 39.0 Å². The maximum atomic E-state index is 12.2. The summed E-state index contributed by atoms with van der Waals surface area (Å²) >= 11 is 0. The third-order valence-corrected chi connectivity index (χ3v) is 2.57. The highest BCUT2D eigenvalue weighted by molar-refractivity contribution is 4.73. The molecule has 2 rings (SSSR count). The minimum absolute atomic E-state index is 0.00694. The van der Waals surface area contributed by atoms with Crippen molar-refractivity contribution in [3.05, 3.63) is 13.2 Å². The molecule has 2 aliphatic rings. The van der Waals surface area contributed by atoms with Crippen molar-refractivity contribution in [2.75, 3.05) is 46.4 Å². The lowest BCUT2D eigenvalue weighted by Crippen LogP contribution is -2.35. The van der Waals surface area contributed by atoms with Crippen LogP contribution < -0.4 is 5.32 Å². The molecule has 2 aliphatic heterocycles. The molecule has 2 heterocycles. The summed E-state index contributed by atoms with van der Waals surface area (Å²) in [5.41, 5.74) is 0. The van der Waals surface area contributed by atoms with E-state index >= 15 is 0 Å². The molecule has 17 heavy (non-hydrogen) atoms. The van der Waals surface area contributed by atoms with Crippen LogP contribution in [0.15, 0.2) is 13.2 Å². The topological polar surface area (TPSA) is 24.5 Å². The number of piperidine rings is 1. The Morgan fingerprint density at radius 1 is 1.12 bits per heavy atom. The number of ether oxygens (including phenoxy) is 1. The second-order valence-corrected chi connectivity index (χ2v) is 4.02. The first-order chi connectivity index (χ1) is 8.10. The third-order valence-electron chi connectivity index (χ3n) is 2.57. The molecule has 0 aromatic heterocycles. The summed E-state index contributed by atoms with van der Waals surface area (Å²) in [6, 6.07) is 0. The van der Waals surface area contributed by atoms with Gasteiger partial charge in [0.05, 0.1) is 13.2 Å². The number of nitrogens with one attached hydrogen (secondary N) is 1. The zero-order valence-corrected chi connectivity index (χ0v) is 10.7. The second-order valence-electron chi connectivity index (χ2n) is 4.02. The maximum absolute atomic E-state index is 12.2. The first-order valence-corrected chi connectivity index (χ1v) is 5.95. The number of hydrogen-bond acceptors (Lipinski definition) is 3. The third kappa shape index (κ3) is 9.21. The molecule has 5 heteroatoms. The van der Waals surface area contributed by atoms with Crippen LogP contribution in [0.2, 0.25) is 0 Å². The fourth-order valence-corrected chi connectivity index (χ4v) is 1.45. The Morgan fingerprint density at radius 2 is 1.59 bits per heavy atom. The summed E-state index contributed by atoms with van der Waals surface area (Å²) in [6.45, 7) is 11.0. The van der Waals surface area contributed by atoms with E-state index in [2.05, 4.69) is 30.4 Å². The minimum Gasteiger partial charge on any atom is -0.379 e. The van der Waals surface area contributed by atoms with E-state index in [-0.39, 0.29) is 12.8 Å². The van der Waals surface area contributed by atoms with Gasteiger partial charge >= 0.3 is 0 Å². The Balaban J connectivity index is 0.000000265. The van der Waals surface area contributed by atoms with Gasteiger partial charge in [-0.05, 0) is 7.05 Å². The molecule has 0 aromatic rings. The fraction of sp³-hybridized carbons (Fsp3) is 0.833. The predicted molar refractivity (Wildman–Crippen MR) is 66.6 cm³/mol. The summed E-state index contributed by atoms with van der Waals surface area (Å²) in [6.07, 6.45) is 0.0139. The number of halogens is 2. The molecule has 0 atom stereocenters. The van der Waals surface area contributed by atoms with Gasteiger partial charge in [-0.25, -0.2) is 8.78 Å². The molecule has 2 fully saturated rings. The van der Waals surface area contributed by atoms with Crippen LogP contribution in [-0.2, 0) is 4.74 Å².